The fourth-order valence-electron chi connectivity index (χ4n) is 0.740. The van der Waals surface area contributed by atoms with Crippen LogP contribution in [0, 0.1) is 0 Å². The fourth-order valence-corrected chi connectivity index (χ4v) is 1.55. The van der Waals surface area contributed by atoms with Gasteiger partial charge in [0.25, 0.3) is 5.19 Å². The molecule has 0 atom stereocenters. The molecule has 1 aromatic rings. The van der Waals surface area contributed by atoms with E-state index in [1.54, 1.807) is 5.38 Å². The van der Waals surface area contributed by atoms with Crippen LogP contribution in [0.5, 0.6) is 5.19 Å². The number of hydrogen-bond acceptors (Lipinski definition) is 4. The minimum atomic E-state index is 0.481. The summed E-state index contributed by atoms with van der Waals surface area (Å²) in [5.74, 6) is 0. The molecule has 0 unspecified atom stereocenters. The lowest BCUT2D eigenvalue weighted by Crippen LogP contribution is -2.06. The van der Waals surface area contributed by atoms with Crippen LogP contribution in [-0.4, -0.2) is 24.8 Å². The van der Waals surface area contributed by atoms with Gasteiger partial charge in [-0.1, -0.05) is 29.9 Å². The van der Waals surface area contributed by atoms with E-state index in [0.717, 1.165) is 13.0 Å². The fraction of sp³-hybridized carbons (Fsp3) is 0.625. The number of ether oxygens (including phenoxy) is 2. The molecule has 0 aliphatic carbocycles. The maximum Gasteiger partial charge on any atom is 0.274 e. The molecule has 1 heterocycles. The Bertz CT molecular complexity index is 242. The van der Waals surface area contributed by atoms with E-state index >= 15 is 0 Å². The first-order valence-corrected chi connectivity index (χ1v) is 5.40. The molecule has 3 nitrogen and oxygen atoms in total. The van der Waals surface area contributed by atoms with E-state index in [9.17, 15) is 0 Å². The van der Waals surface area contributed by atoms with Gasteiger partial charge in [0.05, 0.1) is 6.61 Å². The summed E-state index contributed by atoms with van der Waals surface area (Å²) >= 11 is 7.00. The van der Waals surface area contributed by atoms with Gasteiger partial charge in [-0.2, -0.15) is 4.98 Å². The number of nitrogens with zero attached hydrogens (tertiary/aromatic N) is 1. The Hall–Kier alpha value is -0.320. The van der Waals surface area contributed by atoms with Crippen LogP contribution in [0.2, 0.25) is 5.15 Å². The number of halogens is 1. The summed E-state index contributed by atoms with van der Waals surface area (Å²) in [7, 11) is 0. The highest BCUT2D eigenvalue weighted by Gasteiger charge is 1.99. The third-order valence-electron chi connectivity index (χ3n) is 1.26. The minimum absolute atomic E-state index is 0.481. The SMILES string of the molecule is CCCOCCOc1nc(Cl)cs1. The highest BCUT2D eigenvalue weighted by molar-refractivity contribution is 7.11. The second-order valence-corrected chi connectivity index (χ2v) is 3.60. The van der Waals surface area contributed by atoms with E-state index in [1.165, 1.54) is 11.3 Å². The zero-order valence-corrected chi connectivity index (χ0v) is 9.03. The molecule has 0 radical (unpaired) electrons. The van der Waals surface area contributed by atoms with Crippen molar-refractivity contribution < 1.29 is 9.47 Å². The standard InChI is InChI=1S/C8H12ClNO2S/c1-2-3-11-4-5-12-8-10-7(9)6-13-8/h6H,2-5H2,1H3. The lowest BCUT2D eigenvalue weighted by molar-refractivity contribution is 0.100. The summed E-state index contributed by atoms with van der Waals surface area (Å²) < 4.78 is 10.5. The van der Waals surface area contributed by atoms with Crippen LogP contribution in [0.4, 0.5) is 0 Å². The van der Waals surface area contributed by atoms with Crippen molar-refractivity contribution in [2.75, 3.05) is 19.8 Å². The molecule has 74 valence electrons. The van der Waals surface area contributed by atoms with E-state index in [4.69, 9.17) is 21.1 Å². The molecule has 0 aliphatic rings. The van der Waals surface area contributed by atoms with Crippen molar-refractivity contribution in [1.82, 2.24) is 4.98 Å². The minimum Gasteiger partial charge on any atom is -0.468 e. The van der Waals surface area contributed by atoms with Gasteiger partial charge in [0.2, 0.25) is 0 Å². The second kappa shape index (κ2) is 6.18. The van der Waals surface area contributed by atoms with Gasteiger partial charge in [-0.3, -0.25) is 0 Å². The van der Waals surface area contributed by atoms with Crippen LogP contribution in [0.3, 0.4) is 0 Å². The molecule has 0 aromatic carbocycles. The van der Waals surface area contributed by atoms with E-state index in [0.29, 0.717) is 23.6 Å². The van der Waals surface area contributed by atoms with Gasteiger partial charge < -0.3 is 9.47 Å². The third kappa shape index (κ3) is 4.45. The maximum atomic E-state index is 5.61. The predicted octanol–water partition coefficient (Wildman–Crippen LogP) is 2.60. The number of rotatable bonds is 6. The molecule has 0 bridgehead atoms. The molecule has 5 heteroatoms. The van der Waals surface area contributed by atoms with Gasteiger partial charge in [0.15, 0.2) is 0 Å². The molecular weight excluding hydrogens is 210 g/mol. The Morgan fingerprint density at radius 1 is 1.46 bits per heavy atom. The van der Waals surface area contributed by atoms with Crippen LogP contribution in [0.25, 0.3) is 0 Å². The molecule has 0 N–H and O–H groups in total. The predicted molar refractivity (Wildman–Crippen MR) is 53.7 cm³/mol. The Morgan fingerprint density at radius 2 is 2.31 bits per heavy atom. The van der Waals surface area contributed by atoms with Crippen molar-refractivity contribution >= 4 is 22.9 Å². The van der Waals surface area contributed by atoms with Gasteiger partial charge in [-0.15, -0.1) is 0 Å². The monoisotopic (exact) mass is 221 g/mol. The van der Waals surface area contributed by atoms with Crippen LogP contribution in [-0.2, 0) is 4.74 Å². The van der Waals surface area contributed by atoms with E-state index < -0.39 is 0 Å². The lowest BCUT2D eigenvalue weighted by Gasteiger charge is -2.02. The molecule has 0 spiro atoms. The first-order chi connectivity index (χ1) is 6.33. The Morgan fingerprint density at radius 3 is 2.92 bits per heavy atom. The summed E-state index contributed by atoms with van der Waals surface area (Å²) in [4.78, 5) is 3.93. The van der Waals surface area contributed by atoms with Crippen molar-refractivity contribution in [3.8, 4) is 5.19 Å². The molecule has 0 amide bonds. The van der Waals surface area contributed by atoms with Crippen LogP contribution in [0.1, 0.15) is 13.3 Å². The molecule has 0 saturated carbocycles. The summed E-state index contributed by atoms with van der Waals surface area (Å²) in [6.45, 7) is 3.98. The normalized spacial score (nSPS) is 10.3. The van der Waals surface area contributed by atoms with Gasteiger partial charge in [-0.05, 0) is 6.42 Å². The number of hydrogen-bond donors (Lipinski definition) is 0. The van der Waals surface area contributed by atoms with Crippen molar-refractivity contribution in [3.63, 3.8) is 0 Å². The summed E-state index contributed by atoms with van der Waals surface area (Å²) in [6, 6.07) is 0. The largest absolute Gasteiger partial charge is 0.468 e. The van der Waals surface area contributed by atoms with Crippen molar-refractivity contribution in [2.45, 2.75) is 13.3 Å². The molecule has 13 heavy (non-hydrogen) atoms. The topological polar surface area (TPSA) is 31.4 Å². The Balaban J connectivity index is 2.06. The Labute approximate surface area is 86.6 Å². The molecule has 0 saturated heterocycles. The molecule has 0 aliphatic heterocycles. The zero-order valence-electron chi connectivity index (χ0n) is 7.46. The average molecular weight is 222 g/mol. The molecule has 0 fully saturated rings. The van der Waals surface area contributed by atoms with Crippen molar-refractivity contribution in [1.29, 1.82) is 0 Å². The molecule has 1 aromatic heterocycles. The van der Waals surface area contributed by atoms with Crippen LogP contribution >= 0.6 is 22.9 Å². The van der Waals surface area contributed by atoms with Gasteiger partial charge in [0.1, 0.15) is 11.8 Å². The van der Waals surface area contributed by atoms with E-state index in [2.05, 4.69) is 11.9 Å². The zero-order chi connectivity index (χ0) is 9.52. The maximum absolute atomic E-state index is 5.61. The molecule has 1 rings (SSSR count). The highest BCUT2D eigenvalue weighted by atomic mass is 35.5. The van der Waals surface area contributed by atoms with E-state index in [1.807, 2.05) is 0 Å². The van der Waals surface area contributed by atoms with Crippen molar-refractivity contribution in [2.24, 2.45) is 0 Å². The lowest BCUT2D eigenvalue weighted by atomic mass is 10.5. The number of thiazole rings is 1. The second-order valence-electron chi connectivity index (χ2n) is 2.40. The Kier molecular flexibility index (Phi) is 5.12. The van der Waals surface area contributed by atoms with Crippen LogP contribution < -0.4 is 4.74 Å². The van der Waals surface area contributed by atoms with Gasteiger partial charge >= 0.3 is 0 Å². The third-order valence-corrected chi connectivity index (χ3v) is 2.33. The number of aromatic nitrogens is 1. The summed E-state index contributed by atoms with van der Waals surface area (Å²) in [5, 5.41) is 2.82. The first kappa shape index (κ1) is 10.8. The van der Waals surface area contributed by atoms with E-state index in [-0.39, 0.29) is 0 Å². The van der Waals surface area contributed by atoms with Crippen LogP contribution in [0.15, 0.2) is 5.38 Å². The summed E-state index contributed by atoms with van der Waals surface area (Å²) in [5.41, 5.74) is 0. The quantitative estimate of drug-likeness (QED) is 0.692. The van der Waals surface area contributed by atoms with Gasteiger partial charge in [-0.25, -0.2) is 0 Å². The first-order valence-electron chi connectivity index (χ1n) is 4.14. The van der Waals surface area contributed by atoms with Gasteiger partial charge in [0, 0.05) is 12.0 Å². The summed E-state index contributed by atoms with van der Waals surface area (Å²) in [6.07, 6.45) is 1.03. The average Bonchev–Trinajstić information content (AvgIpc) is 2.51. The highest BCUT2D eigenvalue weighted by Crippen LogP contribution is 2.20. The molecular formula is C8H12ClNO2S. The van der Waals surface area contributed by atoms with Crippen molar-refractivity contribution in [3.05, 3.63) is 10.5 Å². The smallest absolute Gasteiger partial charge is 0.274 e.